The number of hydrogen-bond donors (Lipinski definition) is 1. The first-order valence-electron chi connectivity index (χ1n) is 3.26. The molecule has 1 aliphatic heterocycles. The second-order valence-electron chi connectivity index (χ2n) is 2.21. The molecule has 1 rings (SSSR count). The van der Waals surface area contributed by atoms with Gasteiger partial charge in [-0.3, -0.25) is 4.79 Å². The molecule has 0 radical (unpaired) electrons. The van der Waals surface area contributed by atoms with Crippen LogP contribution in [0.3, 0.4) is 0 Å². The van der Waals surface area contributed by atoms with Gasteiger partial charge < -0.3 is 10.6 Å². The largest absolute Gasteiger partial charge is 0.322 e. The third-order valence-corrected chi connectivity index (χ3v) is 2.54. The van der Waals surface area contributed by atoms with Crippen LogP contribution >= 0.6 is 11.8 Å². The van der Waals surface area contributed by atoms with Crippen LogP contribution in [0.15, 0.2) is 0 Å². The fourth-order valence-electron chi connectivity index (χ4n) is 0.913. The minimum Gasteiger partial charge on any atom is -0.322 e. The Balaban J connectivity index is 2.58. The molecule has 0 aromatic heterocycles. The molecule has 0 aromatic rings. The highest BCUT2D eigenvalue weighted by atomic mass is 32.2. The molecule has 4 nitrogen and oxygen atoms in total. The van der Waals surface area contributed by atoms with E-state index in [9.17, 15) is 4.79 Å². The Morgan fingerprint density at radius 1 is 1.91 bits per heavy atom. The predicted octanol–water partition coefficient (Wildman–Crippen LogP) is -0.630. The molecule has 0 spiro atoms. The zero-order valence-electron chi connectivity index (χ0n) is 5.99. The summed E-state index contributed by atoms with van der Waals surface area (Å²) in [5, 5.41) is 8.58. The summed E-state index contributed by atoms with van der Waals surface area (Å²) in [4.78, 5) is 12.5. The highest BCUT2D eigenvalue weighted by Gasteiger charge is 2.27. The van der Waals surface area contributed by atoms with Gasteiger partial charge in [0.25, 0.3) is 0 Å². The topological polar surface area (TPSA) is 70.1 Å². The number of nitriles is 1. The van der Waals surface area contributed by atoms with Gasteiger partial charge in [0.1, 0.15) is 6.04 Å². The van der Waals surface area contributed by atoms with E-state index in [1.54, 1.807) is 11.8 Å². The molecule has 1 aliphatic rings. The number of rotatable bonds is 1. The summed E-state index contributed by atoms with van der Waals surface area (Å²) in [6.07, 6.45) is 0. The fraction of sp³-hybridized carbons (Fsp3) is 0.667. The van der Waals surface area contributed by atoms with Gasteiger partial charge in [0.05, 0.1) is 18.5 Å². The van der Waals surface area contributed by atoms with Gasteiger partial charge in [-0.05, 0) is 0 Å². The van der Waals surface area contributed by atoms with Crippen LogP contribution in [0, 0.1) is 11.3 Å². The van der Waals surface area contributed by atoms with E-state index in [1.807, 2.05) is 0 Å². The number of carbonyl (C=O) groups is 1. The quantitative estimate of drug-likeness (QED) is 0.570. The van der Waals surface area contributed by atoms with E-state index in [4.69, 9.17) is 11.0 Å². The maximum Gasteiger partial charge on any atom is 0.238 e. The first-order valence-corrected chi connectivity index (χ1v) is 4.42. The Labute approximate surface area is 69.3 Å². The SMILES string of the molecule is N#CC1CSCN1C(=O)CN. The molecular weight excluding hydrogens is 162 g/mol. The Bertz CT molecular complexity index is 200. The second-order valence-corrected chi connectivity index (χ2v) is 3.21. The number of nitrogens with zero attached hydrogens (tertiary/aromatic N) is 2. The molecule has 1 fully saturated rings. The van der Waals surface area contributed by atoms with Crippen molar-refractivity contribution < 1.29 is 4.79 Å². The van der Waals surface area contributed by atoms with Gasteiger partial charge in [-0.25, -0.2) is 0 Å². The average molecular weight is 171 g/mol. The molecular formula is C6H9N3OS. The van der Waals surface area contributed by atoms with E-state index in [0.717, 1.165) is 0 Å². The molecule has 1 unspecified atom stereocenters. The van der Waals surface area contributed by atoms with Crippen molar-refractivity contribution in [2.24, 2.45) is 5.73 Å². The Morgan fingerprint density at radius 2 is 2.64 bits per heavy atom. The smallest absolute Gasteiger partial charge is 0.238 e. The van der Waals surface area contributed by atoms with E-state index in [1.165, 1.54) is 4.90 Å². The summed E-state index contributed by atoms with van der Waals surface area (Å²) in [6.45, 7) is -0.00125. The molecule has 1 saturated heterocycles. The monoisotopic (exact) mass is 171 g/mol. The number of amides is 1. The molecule has 0 aromatic carbocycles. The molecule has 60 valence electrons. The van der Waals surface area contributed by atoms with Gasteiger partial charge in [-0.1, -0.05) is 0 Å². The maximum absolute atomic E-state index is 11.0. The van der Waals surface area contributed by atoms with E-state index < -0.39 is 0 Å². The molecule has 11 heavy (non-hydrogen) atoms. The minimum absolute atomic E-state index is 0.00125. The van der Waals surface area contributed by atoms with Crippen molar-refractivity contribution in [2.75, 3.05) is 18.2 Å². The Morgan fingerprint density at radius 3 is 3.18 bits per heavy atom. The fourth-order valence-corrected chi connectivity index (χ4v) is 2.02. The van der Waals surface area contributed by atoms with Crippen LogP contribution in [0.5, 0.6) is 0 Å². The van der Waals surface area contributed by atoms with Gasteiger partial charge >= 0.3 is 0 Å². The van der Waals surface area contributed by atoms with Crippen molar-refractivity contribution >= 4 is 17.7 Å². The third-order valence-electron chi connectivity index (χ3n) is 1.53. The number of hydrogen-bond acceptors (Lipinski definition) is 4. The molecule has 0 saturated carbocycles. The summed E-state index contributed by atoms with van der Waals surface area (Å²) >= 11 is 1.59. The molecule has 1 amide bonds. The van der Waals surface area contributed by atoms with Gasteiger partial charge in [-0.2, -0.15) is 5.26 Å². The predicted molar refractivity (Wildman–Crippen MR) is 42.6 cm³/mol. The van der Waals surface area contributed by atoms with Crippen LogP contribution in [0.1, 0.15) is 0 Å². The summed E-state index contributed by atoms with van der Waals surface area (Å²) in [6, 6.07) is 1.79. The molecule has 1 heterocycles. The van der Waals surface area contributed by atoms with Crippen molar-refractivity contribution in [3.63, 3.8) is 0 Å². The summed E-state index contributed by atoms with van der Waals surface area (Å²) in [7, 11) is 0. The van der Waals surface area contributed by atoms with E-state index in [2.05, 4.69) is 6.07 Å². The van der Waals surface area contributed by atoms with E-state index in [0.29, 0.717) is 11.6 Å². The first-order chi connectivity index (χ1) is 5.29. The van der Waals surface area contributed by atoms with Crippen LogP contribution in [0.4, 0.5) is 0 Å². The van der Waals surface area contributed by atoms with Gasteiger partial charge in [0.15, 0.2) is 0 Å². The van der Waals surface area contributed by atoms with E-state index in [-0.39, 0.29) is 18.5 Å². The van der Waals surface area contributed by atoms with Gasteiger partial charge in [0.2, 0.25) is 5.91 Å². The lowest BCUT2D eigenvalue weighted by Gasteiger charge is -2.16. The molecule has 2 N–H and O–H groups in total. The number of thioether (sulfide) groups is 1. The minimum atomic E-state index is -0.268. The van der Waals surface area contributed by atoms with Crippen molar-refractivity contribution in [2.45, 2.75) is 6.04 Å². The lowest BCUT2D eigenvalue weighted by molar-refractivity contribution is -0.129. The number of nitrogens with two attached hydrogens (primary N) is 1. The average Bonchev–Trinajstić information content (AvgIpc) is 2.50. The van der Waals surface area contributed by atoms with Crippen molar-refractivity contribution in [3.05, 3.63) is 0 Å². The Hall–Kier alpha value is -0.730. The standard InChI is InChI=1S/C6H9N3OS/c7-1-5-3-11-4-9(5)6(10)2-8/h5H,2-4,8H2. The van der Waals surface area contributed by atoms with Crippen molar-refractivity contribution in [1.82, 2.24) is 4.90 Å². The van der Waals surface area contributed by atoms with Crippen LogP contribution in [0.2, 0.25) is 0 Å². The lowest BCUT2D eigenvalue weighted by Crippen LogP contribution is -2.39. The molecule has 0 aliphatic carbocycles. The Kier molecular flexibility index (Phi) is 2.74. The van der Waals surface area contributed by atoms with Gasteiger partial charge in [-0.15, -0.1) is 11.8 Å². The molecule has 5 heteroatoms. The first kappa shape index (κ1) is 8.37. The zero-order valence-corrected chi connectivity index (χ0v) is 6.80. The van der Waals surface area contributed by atoms with Crippen LogP contribution < -0.4 is 5.73 Å². The normalized spacial score (nSPS) is 23.3. The lowest BCUT2D eigenvalue weighted by atomic mass is 10.3. The summed E-state index contributed by atoms with van der Waals surface area (Å²) in [5.41, 5.74) is 5.16. The number of carbonyl (C=O) groups excluding carboxylic acids is 1. The molecule has 0 bridgehead atoms. The third kappa shape index (κ3) is 1.64. The summed E-state index contributed by atoms with van der Waals surface area (Å²) < 4.78 is 0. The van der Waals surface area contributed by atoms with Gasteiger partial charge in [0, 0.05) is 5.75 Å². The van der Waals surface area contributed by atoms with Crippen LogP contribution in [-0.2, 0) is 4.79 Å². The summed E-state index contributed by atoms with van der Waals surface area (Å²) in [5.74, 6) is 1.18. The van der Waals surface area contributed by atoms with Crippen molar-refractivity contribution in [1.29, 1.82) is 5.26 Å². The maximum atomic E-state index is 11.0. The van der Waals surface area contributed by atoms with Crippen LogP contribution in [0.25, 0.3) is 0 Å². The highest BCUT2D eigenvalue weighted by molar-refractivity contribution is 7.99. The van der Waals surface area contributed by atoms with Crippen molar-refractivity contribution in [3.8, 4) is 6.07 Å². The highest BCUT2D eigenvalue weighted by Crippen LogP contribution is 2.19. The van der Waals surface area contributed by atoms with E-state index >= 15 is 0 Å². The van der Waals surface area contributed by atoms with Crippen LogP contribution in [-0.4, -0.2) is 35.0 Å². The second kappa shape index (κ2) is 3.60. The zero-order chi connectivity index (χ0) is 8.27. The molecule has 1 atom stereocenters.